The van der Waals surface area contributed by atoms with Crippen molar-refractivity contribution in [2.24, 2.45) is 0 Å². The summed E-state index contributed by atoms with van der Waals surface area (Å²) in [6, 6.07) is 2.86. The number of ether oxygens (including phenoxy) is 2. The molecule has 1 aliphatic heterocycles. The molecule has 1 aromatic rings. The average molecular weight is 405 g/mol. The van der Waals surface area contributed by atoms with Crippen LogP contribution in [0.4, 0.5) is 10.1 Å². The molecule has 0 radical (unpaired) electrons. The molecule has 0 unspecified atom stereocenters. The molecule has 6 nitrogen and oxygen atoms in total. The third-order valence-electron chi connectivity index (χ3n) is 4.05. The maximum absolute atomic E-state index is 14.5. The number of rotatable bonds is 7. The number of amides is 1. The fourth-order valence-electron chi connectivity index (χ4n) is 3.05. The highest BCUT2D eigenvalue weighted by atomic mass is 79.9. The second-order valence-corrected chi connectivity index (χ2v) is 6.42. The Hall–Kier alpha value is -1.22. The van der Waals surface area contributed by atoms with Gasteiger partial charge in [-0.25, -0.2) is 4.39 Å². The number of hydrogen-bond donors (Lipinski definition) is 2. The molecule has 2 rings (SSSR count). The summed E-state index contributed by atoms with van der Waals surface area (Å²) in [6.45, 7) is 0.529. The largest absolute Gasteiger partial charge is 0.395 e. The van der Waals surface area contributed by atoms with Crippen molar-refractivity contribution in [3.05, 3.63) is 28.0 Å². The van der Waals surface area contributed by atoms with E-state index in [2.05, 4.69) is 21.2 Å². The quantitative estimate of drug-likeness (QED) is 0.679. The Kier molecular flexibility index (Phi) is 6.97. The molecule has 8 heteroatoms. The second-order valence-electron chi connectivity index (χ2n) is 5.50. The van der Waals surface area contributed by atoms with Crippen LogP contribution < -0.4 is 10.2 Å². The zero-order chi connectivity index (χ0) is 17.7. The van der Waals surface area contributed by atoms with Crippen LogP contribution >= 0.6 is 15.9 Å². The SMILES string of the molecule is COC(OC)[C@H]1CCCN1c1cc(Br)cc(F)c1C(=O)NCCO. The van der Waals surface area contributed by atoms with Gasteiger partial charge in [-0.3, -0.25) is 4.79 Å². The van der Waals surface area contributed by atoms with Gasteiger partial charge in [0.05, 0.1) is 23.9 Å². The Morgan fingerprint density at radius 1 is 1.50 bits per heavy atom. The number of nitrogens with zero attached hydrogens (tertiary/aromatic N) is 1. The summed E-state index contributed by atoms with van der Waals surface area (Å²) >= 11 is 3.29. The van der Waals surface area contributed by atoms with E-state index in [1.807, 2.05) is 4.90 Å². The molecule has 0 aromatic heterocycles. The lowest BCUT2D eigenvalue weighted by atomic mass is 10.1. The molecule has 0 spiro atoms. The van der Waals surface area contributed by atoms with E-state index >= 15 is 0 Å². The minimum atomic E-state index is -0.619. The van der Waals surface area contributed by atoms with E-state index in [1.54, 1.807) is 20.3 Å². The standard InChI is InChI=1S/C16H22BrFN2O4/c1-23-16(24-2)12-4-3-6-20(12)13-9-10(17)8-11(18)14(13)15(22)19-5-7-21/h8-9,12,16,21H,3-7H2,1-2H3,(H,19,22)/t12-/m1/s1. The summed E-state index contributed by atoms with van der Waals surface area (Å²) in [5.41, 5.74) is 0.448. The van der Waals surface area contributed by atoms with Crippen LogP contribution in [0, 0.1) is 5.82 Å². The highest BCUT2D eigenvalue weighted by molar-refractivity contribution is 9.10. The number of aliphatic hydroxyl groups excluding tert-OH is 1. The first-order valence-corrected chi connectivity index (χ1v) is 8.53. The zero-order valence-corrected chi connectivity index (χ0v) is 15.3. The minimum Gasteiger partial charge on any atom is -0.395 e. The highest BCUT2D eigenvalue weighted by Gasteiger charge is 2.35. The summed E-state index contributed by atoms with van der Waals surface area (Å²) in [7, 11) is 3.11. The molecule has 1 heterocycles. The Bertz CT molecular complexity index is 583. The van der Waals surface area contributed by atoms with Gasteiger partial charge >= 0.3 is 0 Å². The van der Waals surface area contributed by atoms with Crippen molar-refractivity contribution in [1.82, 2.24) is 5.32 Å². The first kappa shape index (κ1) is 19.1. The summed E-state index contributed by atoms with van der Waals surface area (Å²) in [5, 5.41) is 11.4. The third-order valence-corrected chi connectivity index (χ3v) is 4.50. The molecule has 2 N–H and O–H groups in total. The molecule has 1 atom stereocenters. The molecule has 1 aliphatic rings. The Balaban J connectivity index is 2.42. The van der Waals surface area contributed by atoms with Crippen molar-refractivity contribution >= 4 is 27.5 Å². The molecule has 0 bridgehead atoms. The van der Waals surface area contributed by atoms with E-state index < -0.39 is 18.0 Å². The number of aliphatic hydroxyl groups is 1. The van der Waals surface area contributed by atoms with Gasteiger partial charge in [0.25, 0.3) is 5.91 Å². The highest BCUT2D eigenvalue weighted by Crippen LogP contribution is 2.34. The lowest BCUT2D eigenvalue weighted by Crippen LogP contribution is -2.42. The predicted molar refractivity (Wildman–Crippen MR) is 91.7 cm³/mol. The van der Waals surface area contributed by atoms with E-state index in [4.69, 9.17) is 14.6 Å². The van der Waals surface area contributed by atoms with Gasteiger partial charge in [0.1, 0.15) is 5.82 Å². The number of benzene rings is 1. The van der Waals surface area contributed by atoms with E-state index in [0.29, 0.717) is 16.7 Å². The number of methoxy groups -OCH3 is 2. The van der Waals surface area contributed by atoms with E-state index in [9.17, 15) is 9.18 Å². The van der Waals surface area contributed by atoms with Crippen molar-refractivity contribution in [3.63, 3.8) is 0 Å². The number of hydrogen-bond acceptors (Lipinski definition) is 5. The van der Waals surface area contributed by atoms with Gasteiger partial charge in [-0.05, 0) is 25.0 Å². The average Bonchev–Trinajstić information content (AvgIpc) is 3.02. The molecule has 1 amide bonds. The van der Waals surface area contributed by atoms with E-state index in [-0.39, 0.29) is 24.8 Å². The molecule has 24 heavy (non-hydrogen) atoms. The number of carbonyl (C=O) groups excluding carboxylic acids is 1. The summed E-state index contributed by atoms with van der Waals surface area (Å²) < 4.78 is 25.8. The van der Waals surface area contributed by atoms with E-state index in [1.165, 1.54) is 6.07 Å². The molecule has 134 valence electrons. The summed E-state index contributed by atoms with van der Waals surface area (Å²) in [6.07, 6.45) is 1.24. The van der Waals surface area contributed by atoms with Gasteiger partial charge in [0.15, 0.2) is 6.29 Å². The molecule has 0 saturated carbocycles. The molecular formula is C16H22BrFN2O4. The maximum atomic E-state index is 14.5. The fourth-order valence-corrected chi connectivity index (χ4v) is 3.47. The summed E-state index contributed by atoms with van der Waals surface area (Å²) in [4.78, 5) is 14.3. The van der Waals surface area contributed by atoms with Crippen LogP contribution in [0.3, 0.4) is 0 Å². The van der Waals surface area contributed by atoms with Crippen LogP contribution in [0.2, 0.25) is 0 Å². The van der Waals surface area contributed by atoms with Crippen LogP contribution in [0.5, 0.6) is 0 Å². The normalized spacial score (nSPS) is 17.6. The molecule has 1 saturated heterocycles. The topological polar surface area (TPSA) is 71.0 Å². The number of nitrogens with one attached hydrogen (secondary N) is 1. The van der Waals surface area contributed by atoms with Crippen LogP contribution in [-0.4, -0.2) is 57.3 Å². The predicted octanol–water partition coefficient (Wildman–Crippen LogP) is 1.90. The minimum absolute atomic E-state index is 0.0375. The Morgan fingerprint density at radius 3 is 2.83 bits per heavy atom. The summed E-state index contributed by atoms with van der Waals surface area (Å²) in [5.74, 6) is -1.17. The van der Waals surface area contributed by atoms with E-state index in [0.717, 1.165) is 12.8 Å². The third kappa shape index (κ3) is 4.05. The Morgan fingerprint density at radius 2 is 2.21 bits per heavy atom. The van der Waals surface area contributed by atoms with Crippen molar-refractivity contribution < 1.29 is 23.8 Å². The van der Waals surface area contributed by atoms with Gasteiger partial charge in [-0.1, -0.05) is 15.9 Å². The smallest absolute Gasteiger partial charge is 0.256 e. The number of halogens is 2. The second kappa shape index (κ2) is 8.75. The van der Waals surface area contributed by atoms with Crippen LogP contribution in [-0.2, 0) is 9.47 Å². The fraction of sp³-hybridized carbons (Fsp3) is 0.562. The van der Waals surface area contributed by atoms with Crippen LogP contribution in [0.25, 0.3) is 0 Å². The van der Waals surface area contributed by atoms with Crippen molar-refractivity contribution in [1.29, 1.82) is 0 Å². The monoisotopic (exact) mass is 404 g/mol. The number of carbonyl (C=O) groups is 1. The number of anilines is 1. The van der Waals surface area contributed by atoms with Crippen LogP contribution in [0.1, 0.15) is 23.2 Å². The lowest BCUT2D eigenvalue weighted by molar-refractivity contribution is -0.115. The maximum Gasteiger partial charge on any atom is 0.256 e. The Labute approximate surface area is 149 Å². The van der Waals surface area contributed by atoms with Crippen molar-refractivity contribution in [3.8, 4) is 0 Å². The zero-order valence-electron chi connectivity index (χ0n) is 13.7. The first-order valence-electron chi connectivity index (χ1n) is 7.73. The van der Waals surface area contributed by atoms with Crippen molar-refractivity contribution in [2.45, 2.75) is 25.2 Å². The van der Waals surface area contributed by atoms with Gasteiger partial charge in [-0.15, -0.1) is 0 Å². The molecule has 1 fully saturated rings. The lowest BCUT2D eigenvalue weighted by Gasteiger charge is -2.32. The van der Waals surface area contributed by atoms with Crippen LogP contribution in [0.15, 0.2) is 16.6 Å². The van der Waals surface area contributed by atoms with Gasteiger partial charge in [0.2, 0.25) is 0 Å². The van der Waals surface area contributed by atoms with Gasteiger partial charge < -0.3 is 24.8 Å². The molecule has 1 aromatic carbocycles. The molecular weight excluding hydrogens is 383 g/mol. The van der Waals surface area contributed by atoms with Gasteiger partial charge in [0, 0.05) is 31.8 Å². The molecule has 0 aliphatic carbocycles. The first-order chi connectivity index (χ1) is 11.5. The van der Waals surface area contributed by atoms with Crippen molar-refractivity contribution in [2.75, 3.05) is 38.8 Å². The van der Waals surface area contributed by atoms with Gasteiger partial charge in [-0.2, -0.15) is 0 Å².